The Morgan fingerprint density at radius 1 is 1.33 bits per heavy atom. The van der Waals surface area contributed by atoms with Gasteiger partial charge in [0.2, 0.25) is 0 Å². The van der Waals surface area contributed by atoms with Crippen LogP contribution in [0.5, 0.6) is 0 Å². The normalized spacial score (nSPS) is 4.00. The predicted molar refractivity (Wildman–Crippen MR) is 26.8 cm³/mol. The molecule has 0 aromatic rings. The Morgan fingerprint density at radius 2 is 1.33 bits per heavy atom. The molecule has 0 saturated heterocycles. The molecule has 0 aliphatic carbocycles. The van der Waals surface area contributed by atoms with Gasteiger partial charge in [-0.2, -0.15) is 0 Å². The number of hydrogen-bond donors (Lipinski definition) is 2. The Bertz CT molecular complexity index is 41.5. The Morgan fingerprint density at radius 3 is 1.33 bits per heavy atom. The smallest absolute Gasteiger partial charge is 1.00 e. The van der Waals surface area contributed by atoms with Crippen molar-refractivity contribution in [1.82, 2.24) is 0 Å². The van der Waals surface area contributed by atoms with Gasteiger partial charge >= 0.3 is 84.6 Å². The molecule has 0 rings (SSSR count). The van der Waals surface area contributed by atoms with Gasteiger partial charge in [0.05, 0.1) is 0 Å². The van der Waals surface area contributed by atoms with Crippen molar-refractivity contribution in [3.05, 3.63) is 0 Å². The molecule has 0 amide bonds. The molecule has 0 spiro atoms. The molecule has 2 N–H and O–H groups in total. The van der Waals surface area contributed by atoms with Crippen LogP contribution in [0.25, 0.3) is 0 Å². The van der Waals surface area contributed by atoms with Crippen molar-refractivity contribution >= 4 is 84.6 Å². The third kappa shape index (κ3) is 35.5. The van der Waals surface area contributed by atoms with E-state index in [0.29, 0.717) is 0 Å². The molecular formula is H6Ca2O3Si. The molecule has 0 heterocycles. The summed E-state index contributed by atoms with van der Waals surface area (Å²) in [5.74, 6) is 0. The molecule has 0 unspecified atom stereocenters. The van der Waals surface area contributed by atoms with Crippen molar-refractivity contribution in [3.63, 3.8) is 0 Å². The summed E-state index contributed by atoms with van der Waals surface area (Å²) in [6.45, 7) is 0. The number of rotatable bonds is 0. The summed E-state index contributed by atoms with van der Waals surface area (Å²) in [7, 11) is -3.13. The second-order valence-electron chi connectivity index (χ2n) is 0.283. The van der Waals surface area contributed by atoms with Crippen molar-refractivity contribution in [1.29, 1.82) is 0 Å². The summed E-state index contributed by atoms with van der Waals surface area (Å²) in [4.78, 5) is 14.3. The molecule has 0 bridgehead atoms. The van der Waals surface area contributed by atoms with Crippen LogP contribution in [-0.4, -0.2) is 94.2 Å². The molecule has 0 radical (unpaired) electrons. The zero-order chi connectivity index (χ0) is 3.58. The summed E-state index contributed by atoms with van der Waals surface area (Å²) >= 11 is 0. The Kier molecular flexibility index (Phi) is 26.7. The van der Waals surface area contributed by atoms with E-state index in [-0.39, 0.29) is 81.2 Å². The van der Waals surface area contributed by atoms with Gasteiger partial charge in [0, 0.05) is 0 Å². The Hall–Kier alpha value is 2.14. The average Bonchev–Trinajstić information content (AvgIpc) is 0.811. The van der Waals surface area contributed by atoms with Gasteiger partial charge in [-0.25, -0.2) is 0 Å². The molecular weight excluding hydrogens is 156 g/mol. The van der Waals surface area contributed by atoms with Crippen LogP contribution in [0.15, 0.2) is 0 Å². The van der Waals surface area contributed by atoms with Gasteiger partial charge in [-0.05, 0) is 0 Å². The van der Waals surface area contributed by atoms with Crippen LogP contribution in [0.3, 0.4) is 0 Å². The van der Waals surface area contributed by atoms with Gasteiger partial charge in [-0.3, -0.25) is 4.46 Å². The van der Waals surface area contributed by atoms with Crippen LogP contribution in [0.1, 0.15) is 5.71 Å². The van der Waals surface area contributed by atoms with E-state index in [4.69, 9.17) is 14.1 Å². The fourth-order valence-electron chi connectivity index (χ4n) is 0. The van der Waals surface area contributed by atoms with Gasteiger partial charge in [0.1, 0.15) is 0 Å². The topological polar surface area (TPSA) is 57.5 Å². The fourth-order valence-corrected chi connectivity index (χ4v) is 0. The van der Waals surface area contributed by atoms with Crippen LogP contribution < -0.4 is 0 Å². The molecule has 0 saturated carbocycles. The molecule has 0 aromatic heterocycles. The molecule has 0 atom stereocenters. The van der Waals surface area contributed by atoms with Crippen molar-refractivity contribution in [2.24, 2.45) is 0 Å². The van der Waals surface area contributed by atoms with E-state index >= 15 is 0 Å². The van der Waals surface area contributed by atoms with E-state index in [1.54, 1.807) is 0 Å². The number of hydrogen-bond acceptors (Lipinski definition) is 1. The van der Waals surface area contributed by atoms with Crippen LogP contribution >= 0.6 is 0 Å². The van der Waals surface area contributed by atoms with Gasteiger partial charge in [-0.1, -0.05) is 0 Å². The first kappa shape index (κ1) is 15.7. The molecule has 0 aliphatic heterocycles. The minimum atomic E-state index is -3.13. The molecule has 0 aromatic carbocycles. The van der Waals surface area contributed by atoms with Gasteiger partial charge in [-0.15, -0.1) is 0 Å². The largest absolute Gasteiger partial charge is 2.00 e. The van der Waals surface area contributed by atoms with Crippen molar-refractivity contribution < 1.29 is 19.8 Å². The molecule has 3 nitrogen and oxygen atoms in total. The van der Waals surface area contributed by atoms with Crippen molar-refractivity contribution in [2.45, 2.75) is 0 Å². The van der Waals surface area contributed by atoms with E-state index in [1.807, 2.05) is 0 Å². The molecule has 6 heteroatoms. The Labute approximate surface area is 103 Å². The van der Waals surface area contributed by atoms with Gasteiger partial charge in [0.15, 0.2) is 0 Å². The van der Waals surface area contributed by atoms with Crippen LogP contribution in [0, 0.1) is 0 Å². The molecule has 0 fully saturated rings. The standard InChI is InChI=1S/2Ca.H2O3Si.4H/c;;1-4(2)3;;;;/h;;1-2H;;;;/q2*+2;;4*-1. The van der Waals surface area contributed by atoms with Gasteiger partial charge < -0.3 is 15.3 Å². The summed E-state index contributed by atoms with van der Waals surface area (Å²) in [6, 6.07) is 0. The summed E-state index contributed by atoms with van der Waals surface area (Å²) < 4.78 is 8.74. The third-order valence-corrected chi connectivity index (χ3v) is 0. The summed E-state index contributed by atoms with van der Waals surface area (Å²) in [5, 5.41) is 0. The fraction of sp³-hybridized carbons (Fsp3) is 0. The van der Waals surface area contributed by atoms with E-state index in [2.05, 4.69) is 0 Å². The van der Waals surface area contributed by atoms with Crippen LogP contribution in [0.2, 0.25) is 0 Å². The minimum absolute atomic E-state index is 0. The van der Waals surface area contributed by atoms with Gasteiger partial charge in [0.25, 0.3) is 0 Å². The molecule has 6 heavy (non-hydrogen) atoms. The quantitative estimate of drug-likeness (QED) is 0.408. The van der Waals surface area contributed by atoms with E-state index in [9.17, 15) is 0 Å². The summed E-state index contributed by atoms with van der Waals surface area (Å²) in [5.41, 5.74) is 0. The summed E-state index contributed by atoms with van der Waals surface area (Å²) in [6.07, 6.45) is 0. The third-order valence-electron chi connectivity index (χ3n) is 0. The van der Waals surface area contributed by atoms with E-state index in [0.717, 1.165) is 0 Å². The first-order chi connectivity index (χ1) is 1.73. The van der Waals surface area contributed by atoms with E-state index in [1.165, 1.54) is 0 Å². The molecule has 32 valence electrons. The first-order valence-electron chi connectivity index (χ1n) is 0.651. The van der Waals surface area contributed by atoms with Crippen molar-refractivity contribution in [2.75, 3.05) is 0 Å². The van der Waals surface area contributed by atoms with Crippen molar-refractivity contribution in [3.8, 4) is 0 Å². The monoisotopic (exact) mass is 162 g/mol. The zero-order valence-corrected chi connectivity index (χ0v) is 8.63. The average molecular weight is 162 g/mol. The SMILES string of the molecule is O=[Si](O)O.[Ca+2].[Ca+2].[H-].[H-].[H-].[H-]. The second kappa shape index (κ2) is 10.2. The van der Waals surface area contributed by atoms with E-state index < -0.39 is 9.17 Å². The zero-order valence-electron chi connectivity index (χ0n) is 7.22. The maximum absolute atomic E-state index is 8.74. The minimum Gasteiger partial charge on any atom is -1.00 e. The Balaban J connectivity index is -0.00000000300. The maximum Gasteiger partial charge on any atom is 2.00 e. The maximum atomic E-state index is 8.74. The predicted octanol–water partition coefficient (Wildman–Crippen LogP) is -1.93. The van der Waals surface area contributed by atoms with Crippen LogP contribution in [-0.2, 0) is 4.46 Å². The molecule has 0 aliphatic rings. The van der Waals surface area contributed by atoms with Crippen LogP contribution in [0.4, 0.5) is 0 Å². The second-order valence-corrected chi connectivity index (χ2v) is 0.848. The first-order valence-corrected chi connectivity index (χ1v) is 1.95.